The van der Waals surface area contributed by atoms with Gasteiger partial charge in [0.05, 0.1) is 22.4 Å². The highest BCUT2D eigenvalue weighted by atomic mass is 35.5. The van der Waals surface area contributed by atoms with E-state index in [2.05, 4.69) is 28.2 Å². The first-order chi connectivity index (χ1) is 9.74. The molecule has 20 heavy (non-hydrogen) atoms. The maximum Gasteiger partial charge on any atom is 0.0931 e. The Bertz CT molecular complexity index is 771. The molecule has 1 aliphatic rings. The number of fused-ring (bicyclic) bond motifs is 1. The second kappa shape index (κ2) is 5.55. The van der Waals surface area contributed by atoms with Crippen molar-refractivity contribution >= 4 is 23.8 Å². The fourth-order valence-electron chi connectivity index (χ4n) is 2.36. The average molecular weight is 286 g/mol. The van der Waals surface area contributed by atoms with Crippen LogP contribution in [0.2, 0.25) is 0 Å². The minimum Gasteiger partial charge on any atom is -0.357 e. The van der Waals surface area contributed by atoms with E-state index in [0.29, 0.717) is 0 Å². The fraction of sp³-hybridized carbons (Fsp3) is 0.188. The molecule has 102 valence electrons. The molecule has 0 aromatic carbocycles. The van der Waals surface area contributed by atoms with Gasteiger partial charge in [0, 0.05) is 25.4 Å². The summed E-state index contributed by atoms with van der Waals surface area (Å²) in [6.07, 6.45) is 9.87. The quantitative estimate of drug-likeness (QED) is 0.797. The highest BCUT2D eigenvalue weighted by Gasteiger charge is 2.19. The minimum atomic E-state index is -0.0743. The van der Waals surface area contributed by atoms with E-state index in [0.717, 1.165) is 10.7 Å². The number of imidazole rings is 1. The summed E-state index contributed by atoms with van der Waals surface area (Å²) in [6.45, 7) is 0. The minimum absolute atomic E-state index is 0.0743. The zero-order valence-electron chi connectivity index (χ0n) is 11.2. The van der Waals surface area contributed by atoms with E-state index in [1.807, 2.05) is 48.3 Å². The van der Waals surface area contributed by atoms with Crippen LogP contribution in [0.4, 0.5) is 0 Å². The van der Waals surface area contributed by atoms with Gasteiger partial charge in [-0.2, -0.15) is 0 Å². The van der Waals surface area contributed by atoms with E-state index in [4.69, 9.17) is 11.6 Å². The lowest BCUT2D eigenvalue weighted by molar-refractivity contribution is 0.908. The van der Waals surface area contributed by atoms with Crippen LogP contribution >= 0.6 is 11.6 Å². The number of alkyl halides is 1. The SMILES string of the molecule is Cn1ccccc(C2C=c3nc[nH]c3=CC2Cl)ccc1. The molecule has 0 saturated heterocycles. The van der Waals surface area contributed by atoms with Crippen molar-refractivity contribution in [3.05, 3.63) is 65.3 Å². The van der Waals surface area contributed by atoms with Crippen LogP contribution in [0.25, 0.3) is 12.2 Å². The third-order valence-corrected chi connectivity index (χ3v) is 3.82. The number of rotatable bonds is 1. The number of hydrogen-bond acceptors (Lipinski definition) is 1. The van der Waals surface area contributed by atoms with Gasteiger partial charge in [0.2, 0.25) is 0 Å². The first-order valence-corrected chi connectivity index (χ1v) is 7.00. The van der Waals surface area contributed by atoms with Crippen LogP contribution in [-0.2, 0) is 7.05 Å². The highest BCUT2D eigenvalue weighted by molar-refractivity contribution is 6.25. The van der Waals surface area contributed by atoms with Gasteiger partial charge in [-0.15, -0.1) is 11.6 Å². The number of aromatic nitrogens is 3. The van der Waals surface area contributed by atoms with Gasteiger partial charge in [-0.25, -0.2) is 4.98 Å². The van der Waals surface area contributed by atoms with Crippen molar-refractivity contribution in [1.29, 1.82) is 0 Å². The topological polar surface area (TPSA) is 33.6 Å². The molecule has 1 aliphatic carbocycles. The Morgan fingerprint density at radius 3 is 2.85 bits per heavy atom. The van der Waals surface area contributed by atoms with Crippen molar-refractivity contribution in [2.24, 2.45) is 7.05 Å². The Morgan fingerprint density at radius 2 is 1.95 bits per heavy atom. The Balaban J connectivity index is 2.10. The van der Waals surface area contributed by atoms with Crippen LogP contribution in [0.3, 0.4) is 0 Å². The lowest BCUT2D eigenvalue weighted by atomic mass is 9.93. The lowest BCUT2D eigenvalue weighted by Gasteiger charge is -2.17. The number of aromatic amines is 1. The summed E-state index contributed by atoms with van der Waals surface area (Å²) < 4.78 is 2.00. The molecule has 0 radical (unpaired) electrons. The molecule has 2 aromatic rings. The summed E-state index contributed by atoms with van der Waals surface area (Å²) in [5.41, 5.74) is 1.17. The van der Waals surface area contributed by atoms with Gasteiger partial charge in [0.15, 0.2) is 0 Å². The maximum absolute atomic E-state index is 6.50. The highest BCUT2D eigenvalue weighted by Crippen LogP contribution is 2.26. The normalized spacial score (nSPS) is 20.3. The number of H-pyrrole nitrogens is 1. The number of aryl methyl sites for hydroxylation is 1. The van der Waals surface area contributed by atoms with Crippen LogP contribution in [0.1, 0.15) is 11.5 Å². The largest absolute Gasteiger partial charge is 0.357 e. The molecule has 2 aromatic heterocycles. The number of nitrogens with zero attached hydrogens (tertiary/aromatic N) is 2. The summed E-state index contributed by atoms with van der Waals surface area (Å²) >= 11 is 6.50. The second-order valence-corrected chi connectivity index (χ2v) is 5.38. The molecule has 4 heteroatoms. The molecule has 2 heterocycles. The van der Waals surface area contributed by atoms with E-state index >= 15 is 0 Å². The van der Waals surface area contributed by atoms with Crippen molar-refractivity contribution in [2.75, 3.05) is 0 Å². The number of halogens is 1. The Hall–Kier alpha value is -2.00. The van der Waals surface area contributed by atoms with Crippen LogP contribution in [0.5, 0.6) is 0 Å². The molecule has 1 N–H and O–H groups in total. The van der Waals surface area contributed by atoms with Crippen LogP contribution in [-0.4, -0.2) is 19.9 Å². The molecule has 0 aliphatic heterocycles. The third kappa shape index (κ3) is 2.63. The molecule has 2 atom stereocenters. The number of nitrogens with one attached hydrogen (secondary N) is 1. The van der Waals surface area contributed by atoms with Crippen molar-refractivity contribution in [2.45, 2.75) is 11.3 Å². The van der Waals surface area contributed by atoms with E-state index in [-0.39, 0.29) is 11.3 Å². The van der Waals surface area contributed by atoms with Gasteiger partial charge in [-0.1, -0.05) is 18.2 Å². The van der Waals surface area contributed by atoms with Crippen molar-refractivity contribution in [1.82, 2.24) is 14.5 Å². The predicted molar refractivity (Wildman–Crippen MR) is 82.2 cm³/mol. The van der Waals surface area contributed by atoms with Gasteiger partial charge in [0.25, 0.3) is 0 Å². The average Bonchev–Trinajstić information content (AvgIpc) is 2.90. The maximum atomic E-state index is 6.50. The molecule has 2 unspecified atom stereocenters. The zero-order valence-corrected chi connectivity index (χ0v) is 12.0. The van der Waals surface area contributed by atoms with Gasteiger partial charge >= 0.3 is 0 Å². The standard InChI is InChI=1S/C16H16ClN3/c1-20-7-3-2-5-12(6-4-8-20)13-9-15-16(10-14(13)17)19-11-18-15/h2-11,13-14H,1H3,(H,18,19). The Kier molecular flexibility index (Phi) is 3.61. The van der Waals surface area contributed by atoms with E-state index in [9.17, 15) is 0 Å². The fourth-order valence-corrected chi connectivity index (χ4v) is 2.70. The molecule has 0 saturated carbocycles. The molecular weight excluding hydrogens is 270 g/mol. The predicted octanol–water partition coefficient (Wildman–Crippen LogP) is 1.84. The molecule has 0 fully saturated rings. The van der Waals surface area contributed by atoms with Gasteiger partial charge < -0.3 is 9.55 Å². The first-order valence-electron chi connectivity index (χ1n) is 6.56. The van der Waals surface area contributed by atoms with Crippen molar-refractivity contribution < 1.29 is 0 Å². The summed E-state index contributed by atoms with van der Waals surface area (Å²) in [6, 6.07) is 10.3. The van der Waals surface area contributed by atoms with E-state index in [1.165, 1.54) is 5.56 Å². The third-order valence-electron chi connectivity index (χ3n) is 3.42. The molecule has 0 bridgehead atoms. The molecule has 3 nitrogen and oxygen atoms in total. The monoisotopic (exact) mass is 285 g/mol. The van der Waals surface area contributed by atoms with Gasteiger partial charge in [-0.05, 0) is 29.8 Å². The Labute approximate surface area is 122 Å². The molecule has 0 amide bonds. The van der Waals surface area contributed by atoms with Crippen molar-refractivity contribution in [3.8, 4) is 0 Å². The van der Waals surface area contributed by atoms with Gasteiger partial charge in [-0.3, -0.25) is 0 Å². The smallest absolute Gasteiger partial charge is 0.0931 e. The second-order valence-electron chi connectivity index (χ2n) is 4.88. The van der Waals surface area contributed by atoms with E-state index < -0.39 is 0 Å². The summed E-state index contributed by atoms with van der Waals surface area (Å²) in [4.78, 5) is 7.41. The van der Waals surface area contributed by atoms with Crippen molar-refractivity contribution in [3.63, 3.8) is 0 Å². The lowest BCUT2D eigenvalue weighted by Crippen LogP contribution is -2.32. The van der Waals surface area contributed by atoms with E-state index in [1.54, 1.807) is 6.33 Å². The first kappa shape index (κ1) is 13.0. The molecule has 0 spiro atoms. The number of hydrogen-bond donors (Lipinski definition) is 1. The Morgan fingerprint density at radius 1 is 1.15 bits per heavy atom. The summed E-state index contributed by atoms with van der Waals surface area (Å²) in [7, 11) is 2.00. The van der Waals surface area contributed by atoms with Crippen LogP contribution in [0.15, 0.2) is 49.1 Å². The molecular formula is C16H16ClN3. The van der Waals surface area contributed by atoms with Crippen LogP contribution in [0, 0.1) is 0 Å². The molecule has 3 rings (SSSR count). The van der Waals surface area contributed by atoms with Gasteiger partial charge in [0.1, 0.15) is 0 Å². The van der Waals surface area contributed by atoms with Crippen LogP contribution < -0.4 is 10.7 Å². The summed E-state index contributed by atoms with van der Waals surface area (Å²) in [5, 5.41) is 1.90. The zero-order chi connectivity index (χ0) is 13.9. The summed E-state index contributed by atoms with van der Waals surface area (Å²) in [5.74, 6) is 0.130.